The third kappa shape index (κ3) is 3.75. The molecule has 9 aromatic rings. The van der Waals surface area contributed by atoms with Crippen molar-refractivity contribution in [1.29, 1.82) is 0 Å². The van der Waals surface area contributed by atoms with Gasteiger partial charge in [0.1, 0.15) is 0 Å². The number of thiophene rings is 1. The van der Waals surface area contributed by atoms with Crippen LogP contribution in [0.3, 0.4) is 0 Å². The molecule has 9 rings (SSSR count). The highest BCUT2D eigenvalue weighted by Crippen LogP contribution is 2.49. The fourth-order valence-corrected chi connectivity index (χ4v) is 8.16. The van der Waals surface area contributed by atoms with Gasteiger partial charge in [-0.3, -0.25) is 0 Å². The number of fused-ring (bicyclic) bond motifs is 6. The first-order valence-electron chi connectivity index (χ1n) is 14.8. The van der Waals surface area contributed by atoms with Gasteiger partial charge in [0.05, 0.1) is 0 Å². The van der Waals surface area contributed by atoms with E-state index in [-0.39, 0.29) is 0 Å². The Kier molecular flexibility index (Phi) is 5.47. The summed E-state index contributed by atoms with van der Waals surface area (Å²) in [5, 5.41) is 10.4. The van der Waals surface area contributed by atoms with Gasteiger partial charge < -0.3 is 0 Å². The first kappa shape index (κ1) is 24.4. The van der Waals surface area contributed by atoms with Crippen molar-refractivity contribution >= 4 is 63.8 Å². The summed E-state index contributed by atoms with van der Waals surface area (Å²) in [6, 6.07) is 57.9. The molecule has 0 unspecified atom stereocenters. The van der Waals surface area contributed by atoms with Crippen molar-refractivity contribution < 1.29 is 0 Å². The summed E-state index contributed by atoms with van der Waals surface area (Å²) < 4.78 is 2.66. The third-order valence-electron chi connectivity index (χ3n) is 8.85. The van der Waals surface area contributed by atoms with Crippen LogP contribution in [-0.4, -0.2) is 0 Å². The highest BCUT2D eigenvalue weighted by atomic mass is 32.1. The van der Waals surface area contributed by atoms with Crippen molar-refractivity contribution in [3.05, 3.63) is 158 Å². The topological polar surface area (TPSA) is 0 Å². The highest BCUT2D eigenvalue weighted by Gasteiger charge is 2.21. The zero-order valence-corrected chi connectivity index (χ0v) is 24.2. The Morgan fingerprint density at radius 3 is 1.51 bits per heavy atom. The molecule has 0 radical (unpaired) electrons. The minimum absolute atomic E-state index is 1.23. The molecule has 0 saturated heterocycles. The lowest BCUT2D eigenvalue weighted by atomic mass is 9.83. The number of hydrogen-bond donors (Lipinski definition) is 0. The molecular formula is C42H26S. The van der Waals surface area contributed by atoms with Crippen molar-refractivity contribution in [3.63, 3.8) is 0 Å². The molecule has 0 amide bonds. The van der Waals surface area contributed by atoms with Crippen LogP contribution < -0.4 is 0 Å². The van der Waals surface area contributed by atoms with E-state index < -0.39 is 0 Å². The fraction of sp³-hybridized carbons (Fsp3) is 0. The largest absolute Gasteiger partial charge is 0.135 e. The molecule has 200 valence electrons. The van der Waals surface area contributed by atoms with Crippen molar-refractivity contribution in [2.45, 2.75) is 0 Å². The molecule has 0 bridgehead atoms. The Hall–Kier alpha value is -5.24. The Morgan fingerprint density at radius 2 is 0.837 bits per heavy atom. The molecule has 1 aromatic heterocycles. The molecule has 0 aliphatic rings. The van der Waals surface area contributed by atoms with Crippen molar-refractivity contribution in [2.75, 3.05) is 0 Å². The van der Waals surface area contributed by atoms with E-state index in [9.17, 15) is 0 Å². The van der Waals surface area contributed by atoms with Crippen LogP contribution in [0.15, 0.2) is 158 Å². The number of rotatable bonds is 3. The summed E-state index contributed by atoms with van der Waals surface area (Å²) in [4.78, 5) is 0. The van der Waals surface area contributed by atoms with Gasteiger partial charge in [0.15, 0.2) is 0 Å². The molecule has 0 spiro atoms. The first-order valence-corrected chi connectivity index (χ1v) is 15.6. The molecular weight excluding hydrogens is 537 g/mol. The van der Waals surface area contributed by atoms with Gasteiger partial charge in [-0.05, 0) is 83.9 Å². The Bertz CT molecular complexity index is 2440. The van der Waals surface area contributed by atoms with Gasteiger partial charge >= 0.3 is 0 Å². The standard InChI is InChI=1S/C42H26S/c1-2-13-27(14-3-1)30-17-6-7-18-31(30)40-32-19-8-10-21-34(32)41(35-22-11-9-20-33(35)40)36-23-12-24-38-42(36)37-25-28-15-4-5-16-29(28)26-39(37)43-38/h1-26H. The van der Waals surface area contributed by atoms with E-state index in [1.165, 1.54) is 85.9 Å². The predicted molar refractivity (Wildman–Crippen MR) is 188 cm³/mol. The van der Waals surface area contributed by atoms with E-state index in [0.29, 0.717) is 0 Å². The highest BCUT2D eigenvalue weighted by molar-refractivity contribution is 7.26. The Morgan fingerprint density at radius 1 is 0.326 bits per heavy atom. The normalized spacial score (nSPS) is 11.7. The lowest BCUT2D eigenvalue weighted by Crippen LogP contribution is -1.93. The average molecular weight is 563 g/mol. The molecule has 0 N–H and O–H groups in total. The van der Waals surface area contributed by atoms with Crippen LogP contribution in [0, 0.1) is 0 Å². The first-order chi connectivity index (χ1) is 21.3. The van der Waals surface area contributed by atoms with E-state index in [0.717, 1.165) is 0 Å². The summed E-state index contributed by atoms with van der Waals surface area (Å²) >= 11 is 1.90. The van der Waals surface area contributed by atoms with Crippen LogP contribution >= 0.6 is 11.3 Å². The average Bonchev–Trinajstić information content (AvgIpc) is 3.44. The van der Waals surface area contributed by atoms with Gasteiger partial charge in [-0.1, -0.05) is 140 Å². The summed E-state index contributed by atoms with van der Waals surface area (Å²) in [6.07, 6.45) is 0. The van der Waals surface area contributed by atoms with E-state index in [4.69, 9.17) is 0 Å². The molecule has 8 aromatic carbocycles. The molecule has 0 nitrogen and oxygen atoms in total. The maximum Gasteiger partial charge on any atom is 0.0362 e. The van der Waals surface area contributed by atoms with Crippen molar-refractivity contribution in [2.24, 2.45) is 0 Å². The molecule has 0 atom stereocenters. The van der Waals surface area contributed by atoms with E-state index in [2.05, 4.69) is 158 Å². The second-order valence-corrected chi connectivity index (χ2v) is 12.3. The molecule has 0 aliphatic heterocycles. The minimum Gasteiger partial charge on any atom is -0.135 e. The summed E-state index contributed by atoms with van der Waals surface area (Å²) in [7, 11) is 0. The van der Waals surface area contributed by atoms with E-state index in [1.54, 1.807) is 0 Å². The number of benzene rings is 8. The SMILES string of the molecule is c1ccc(-c2ccccc2-c2c3ccccc3c(-c3cccc4sc5cc6ccccc6cc5c34)c3ccccc23)cc1. The second-order valence-electron chi connectivity index (χ2n) is 11.2. The zero-order chi connectivity index (χ0) is 28.3. The lowest BCUT2D eigenvalue weighted by Gasteiger charge is -2.20. The van der Waals surface area contributed by atoms with Gasteiger partial charge in [0, 0.05) is 20.2 Å². The van der Waals surface area contributed by atoms with Crippen LogP contribution in [0.2, 0.25) is 0 Å². The summed E-state index contributed by atoms with van der Waals surface area (Å²) in [5.74, 6) is 0. The van der Waals surface area contributed by atoms with Gasteiger partial charge in [-0.15, -0.1) is 11.3 Å². The maximum atomic E-state index is 2.39. The molecule has 1 heteroatoms. The van der Waals surface area contributed by atoms with Gasteiger partial charge in [0.2, 0.25) is 0 Å². The van der Waals surface area contributed by atoms with Gasteiger partial charge in [0.25, 0.3) is 0 Å². The van der Waals surface area contributed by atoms with Crippen LogP contribution in [0.4, 0.5) is 0 Å². The number of hydrogen-bond acceptors (Lipinski definition) is 1. The van der Waals surface area contributed by atoms with Crippen molar-refractivity contribution in [3.8, 4) is 33.4 Å². The molecule has 0 aliphatic carbocycles. The van der Waals surface area contributed by atoms with Gasteiger partial charge in [-0.2, -0.15) is 0 Å². The zero-order valence-electron chi connectivity index (χ0n) is 23.4. The predicted octanol–water partition coefficient (Wildman–Crippen LogP) is 12.5. The molecule has 1 heterocycles. The van der Waals surface area contributed by atoms with Crippen LogP contribution in [0.1, 0.15) is 0 Å². The van der Waals surface area contributed by atoms with Crippen molar-refractivity contribution in [1.82, 2.24) is 0 Å². The van der Waals surface area contributed by atoms with E-state index in [1.807, 2.05) is 11.3 Å². The molecule has 0 fully saturated rings. The summed E-state index contributed by atoms with van der Waals surface area (Å²) in [6.45, 7) is 0. The quantitative estimate of drug-likeness (QED) is 0.188. The smallest absolute Gasteiger partial charge is 0.0362 e. The second kappa shape index (κ2) is 9.66. The van der Waals surface area contributed by atoms with Crippen LogP contribution in [0.5, 0.6) is 0 Å². The third-order valence-corrected chi connectivity index (χ3v) is 9.96. The minimum atomic E-state index is 1.23. The Balaban J connectivity index is 1.43. The molecule has 0 saturated carbocycles. The monoisotopic (exact) mass is 562 g/mol. The maximum absolute atomic E-state index is 2.39. The fourth-order valence-electron chi connectivity index (χ4n) is 7.00. The lowest BCUT2D eigenvalue weighted by molar-refractivity contribution is 1.61. The van der Waals surface area contributed by atoms with Crippen LogP contribution in [-0.2, 0) is 0 Å². The van der Waals surface area contributed by atoms with E-state index >= 15 is 0 Å². The van der Waals surface area contributed by atoms with Crippen LogP contribution in [0.25, 0.3) is 85.9 Å². The van der Waals surface area contributed by atoms with Gasteiger partial charge in [-0.25, -0.2) is 0 Å². The Labute approximate surface area is 254 Å². The summed E-state index contributed by atoms with van der Waals surface area (Å²) in [5.41, 5.74) is 7.65. The molecule has 43 heavy (non-hydrogen) atoms.